The van der Waals surface area contributed by atoms with Crippen molar-refractivity contribution in [1.82, 2.24) is 9.78 Å². The second-order valence-corrected chi connectivity index (χ2v) is 5.39. The van der Waals surface area contributed by atoms with Gasteiger partial charge in [0.15, 0.2) is 0 Å². The van der Waals surface area contributed by atoms with E-state index in [2.05, 4.69) is 24.2 Å². The van der Waals surface area contributed by atoms with Crippen LogP contribution in [0.4, 0.5) is 4.39 Å². The van der Waals surface area contributed by atoms with Crippen molar-refractivity contribution in [3.63, 3.8) is 0 Å². The maximum Gasteiger partial charge on any atom is 0.267 e. The predicted molar refractivity (Wildman–Crippen MR) is 88.8 cm³/mol. The summed E-state index contributed by atoms with van der Waals surface area (Å²) in [6.45, 7) is 2.43. The van der Waals surface area contributed by atoms with Crippen LogP contribution in [0.15, 0.2) is 65.5 Å². The van der Waals surface area contributed by atoms with Gasteiger partial charge in [0.2, 0.25) is 0 Å². The summed E-state index contributed by atoms with van der Waals surface area (Å²) in [5.41, 5.74) is 3.63. The lowest BCUT2D eigenvalue weighted by Gasteiger charge is -2.08. The number of benzene rings is 2. The number of aromatic nitrogens is 2. The van der Waals surface area contributed by atoms with E-state index in [1.807, 2.05) is 12.1 Å². The molecule has 0 fully saturated rings. The Bertz CT molecular complexity index is 852. The molecule has 0 aliphatic rings. The summed E-state index contributed by atoms with van der Waals surface area (Å²) in [7, 11) is 0. The van der Waals surface area contributed by atoms with E-state index < -0.39 is 0 Å². The number of rotatable bonds is 4. The van der Waals surface area contributed by atoms with Crippen LogP contribution in [0, 0.1) is 5.82 Å². The second kappa shape index (κ2) is 6.57. The second-order valence-electron chi connectivity index (χ2n) is 5.39. The van der Waals surface area contributed by atoms with Crippen LogP contribution >= 0.6 is 0 Å². The fraction of sp³-hybridized carbons (Fsp3) is 0.158. The molecule has 3 rings (SSSR count). The highest BCUT2D eigenvalue weighted by Gasteiger charge is 2.05. The number of aryl methyl sites for hydroxylation is 1. The average Bonchev–Trinajstić information content (AvgIpc) is 2.59. The topological polar surface area (TPSA) is 34.9 Å². The molecule has 0 atom stereocenters. The summed E-state index contributed by atoms with van der Waals surface area (Å²) < 4.78 is 14.4. The molecule has 0 unspecified atom stereocenters. The summed E-state index contributed by atoms with van der Waals surface area (Å²) in [4.78, 5) is 12.0. The normalized spacial score (nSPS) is 10.7. The third kappa shape index (κ3) is 3.54. The van der Waals surface area contributed by atoms with Crippen molar-refractivity contribution in [3.05, 3.63) is 88.0 Å². The molecule has 3 nitrogen and oxygen atoms in total. The smallest absolute Gasteiger partial charge is 0.267 e. The highest BCUT2D eigenvalue weighted by Crippen LogP contribution is 2.16. The first-order valence-corrected chi connectivity index (χ1v) is 7.57. The van der Waals surface area contributed by atoms with Crippen molar-refractivity contribution >= 4 is 0 Å². The summed E-state index contributed by atoms with van der Waals surface area (Å²) in [6.07, 6.45) is 0.984. The van der Waals surface area contributed by atoms with Crippen LogP contribution in [-0.2, 0) is 13.0 Å². The molecule has 2 aromatic carbocycles. The Hall–Kier alpha value is -2.75. The van der Waals surface area contributed by atoms with Gasteiger partial charge < -0.3 is 0 Å². The largest absolute Gasteiger partial charge is 0.268 e. The molecule has 0 spiro atoms. The lowest BCUT2D eigenvalue weighted by molar-refractivity contribution is 0.620. The average molecular weight is 308 g/mol. The molecule has 0 saturated carbocycles. The van der Waals surface area contributed by atoms with Crippen LogP contribution in [0.5, 0.6) is 0 Å². The van der Waals surface area contributed by atoms with Gasteiger partial charge in [0.1, 0.15) is 5.82 Å². The molecule has 0 amide bonds. The van der Waals surface area contributed by atoms with E-state index >= 15 is 0 Å². The van der Waals surface area contributed by atoms with Gasteiger partial charge in [-0.3, -0.25) is 4.79 Å². The Morgan fingerprint density at radius 1 is 0.913 bits per heavy atom. The van der Waals surface area contributed by atoms with Gasteiger partial charge >= 0.3 is 0 Å². The minimum atomic E-state index is -0.293. The van der Waals surface area contributed by atoms with Gasteiger partial charge in [-0.25, -0.2) is 9.07 Å². The molecule has 0 radical (unpaired) electrons. The summed E-state index contributed by atoms with van der Waals surface area (Å²) in [5.74, 6) is -0.293. The molecule has 4 heteroatoms. The predicted octanol–water partition coefficient (Wildman–Crippen LogP) is 3.66. The third-order valence-electron chi connectivity index (χ3n) is 3.77. The van der Waals surface area contributed by atoms with Crippen LogP contribution in [0.3, 0.4) is 0 Å². The fourth-order valence-electron chi connectivity index (χ4n) is 2.39. The monoisotopic (exact) mass is 308 g/mol. The first-order valence-electron chi connectivity index (χ1n) is 7.57. The summed E-state index contributed by atoms with van der Waals surface area (Å²) >= 11 is 0. The number of hydrogen-bond donors (Lipinski definition) is 0. The number of nitrogens with zero attached hydrogens (tertiary/aromatic N) is 2. The third-order valence-corrected chi connectivity index (χ3v) is 3.77. The molecule has 1 heterocycles. The Kier molecular flexibility index (Phi) is 4.33. The quantitative estimate of drug-likeness (QED) is 0.737. The minimum Gasteiger partial charge on any atom is -0.268 e. The van der Waals surface area contributed by atoms with Crippen LogP contribution in [0.2, 0.25) is 0 Å². The summed E-state index contributed by atoms with van der Waals surface area (Å²) in [5, 5.41) is 4.43. The van der Waals surface area contributed by atoms with Crippen LogP contribution in [0.1, 0.15) is 18.1 Å². The molecule has 0 aliphatic heterocycles. The SMILES string of the molecule is CCc1ccc(-c2ccc(=O)n(Cc3ccc(F)cc3)n2)cc1. The number of hydrogen-bond acceptors (Lipinski definition) is 2. The van der Waals surface area contributed by atoms with E-state index in [4.69, 9.17) is 0 Å². The molecule has 3 aromatic rings. The zero-order valence-electron chi connectivity index (χ0n) is 12.9. The Labute approximate surface area is 134 Å². The molecule has 0 saturated heterocycles. The van der Waals surface area contributed by atoms with Gasteiger partial charge in [-0.15, -0.1) is 0 Å². The lowest BCUT2D eigenvalue weighted by atomic mass is 10.1. The molecule has 0 bridgehead atoms. The minimum absolute atomic E-state index is 0.178. The zero-order chi connectivity index (χ0) is 16.2. The van der Waals surface area contributed by atoms with Gasteiger partial charge in [-0.2, -0.15) is 5.10 Å². The maximum atomic E-state index is 13.0. The van der Waals surface area contributed by atoms with E-state index in [0.717, 1.165) is 23.2 Å². The first-order chi connectivity index (χ1) is 11.2. The molecule has 23 heavy (non-hydrogen) atoms. The molecular weight excluding hydrogens is 291 g/mol. The van der Waals surface area contributed by atoms with Crippen LogP contribution in [0.25, 0.3) is 11.3 Å². The highest BCUT2D eigenvalue weighted by molar-refractivity contribution is 5.58. The zero-order valence-corrected chi connectivity index (χ0v) is 12.9. The van der Waals surface area contributed by atoms with Gasteiger partial charge in [0.05, 0.1) is 12.2 Å². The first kappa shape index (κ1) is 15.2. The van der Waals surface area contributed by atoms with Crippen molar-refractivity contribution in [1.29, 1.82) is 0 Å². The van der Waals surface area contributed by atoms with Gasteiger partial charge in [0.25, 0.3) is 5.56 Å². The molecule has 1 aromatic heterocycles. The van der Waals surface area contributed by atoms with E-state index in [-0.39, 0.29) is 11.4 Å². The van der Waals surface area contributed by atoms with Crippen molar-refractivity contribution in [3.8, 4) is 11.3 Å². The Morgan fingerprint density at radius 3 is 2.22 bits per heavy atom. The number of halogens is 1. The molecule has 0 N–H and O–H groups in total. The highest BCUT2D eigenvalue weighted by atomic mass is 19.1. The van der Waals surface area contributed by atoms with E-state index in [1.54, 1.807) is 18.2 Å². The summed E-state index contributed by atoms with van der Waals surface area (Å²) in [6, 6.07) is 17.5. The maximum absolute atomic E-state index is 13.0. The molecule has 0 aliphatic carbocycles. The van der Waals surface area contributed by atoms with Gasteiger partial charge in [-0.1, -0.05) is 43.3 Å². The van der Waals surface area contributed by atoms with Crippen molar-refractivity contribution in [2.45, 2.75) is 19.9 Å². The van der Waals surface area contributed by atoms with Crippen LogP contribution < -0.4 is 5.56 Å². The standard InChI is InChI=1S/C19H17FN2O/c1-2-14-3-7-16(8-4-14)18-11-12-19(23)22(21-18)13-15-5-9-17(20)10-6-15/h3-12H,2,13H2,1H3. The van der Waals surface area contributed by atoms with Crippen molar-refractivity contribution in [2.24, 2.45) is 0 Å². The van der Waals surface area contributed by atoms with E-state index in [0.29, 0.717) is 6.54 Å². The van der Waals surface area contributed by atoms with Crippen LogP contribution in [-0.4, -0.2) is 9.78 Å². The van der Waals surface area contributed by atoms with Gasteiger partial charge in [-0.05, 0) is 35.7 Å². The van der Waals surface area contributed by atoms with Gasteiger partial charge in [0, 0.05) is 11.6 Å². The molecular formula is C19H17FN2O. The lowest BCUT2D eigenvalue weighted by Crippen LogP contribution is -2.22. The Morgan fingerprint density at radius 2 is 1.57 bits per heavy atom. The van der Waals surface area contributed by atoms with E-state index in [9.17, 15) is 9.18 Å². The molecule has 116 valence electrons. The van der Waals surface area contributed by atoms with Crippen molar-refractivity contribution < 1.29 is 4.39 Å². The Balaban J connectivity index is 1.91. The fourth-order valence-corrected chi connectivity index (χ4v) is 2.39. The van der Waals surface area contributed by atoms with Crippen molar-refractivity contribution in [2.75, 3.05) is 0 Å². The van der Waals surface area contributed by atoms with E-state index in [1.165, 1.54) is 28.4 Å².